The molecule has 144 valence electrons. The highest BCUT2D eigenvalue weighted by Gasteiger charge is 2.15. The van der Waals surface area contributed by atoms with E-state index in [4.69, 9.17) is 4.42 Å². The number of benzene rings is 2. The summed E-state index contributed by atoms with van der Waals surface area (Å²) in [5.41, 5.74) is 1.68. The van der Waals surface area contributed by atoms with E-state index >= 15 is 0 Å². The predicted molar refractivity (Wildman–Crippen MR) is 99.2 cm³/mol. The van der Waals surface area contributed by atoms with Gasteiger partial charge in [-0.15, -0.1) is 5.10 Å². The van der Waals surface area contributed by atoms with E-state index in [1.165, 1.54) is 31.2 Å². The quantitative estimate of drug-likeness (QED) is 0.661. The smallest absolute Gasteiger partial charge is 0.388 e. The van der Waals surface area contributed by atoms with E-state index in [0.29, 0.717) is 11.1 Å². The molecule has 1 heterocycles. The van der Waals surface area contributed by atoms with E-state index < -0.39 is 11.6 Å². The Morgan fingerprint density at radius 3 is 2.39 bits per heavy atom. The second-order valence-electron chi connectivity index (χ2n) is 6.31. The highest BCUT2D eigenvalue weighted by atomic mass is 19.1. The number of aromatic nitrogens is 2. The van der Waals surface area contributed by atoms with Crippen LogP contribution in [0.25, 0.3) is 11.5 Å². The minimum atomic E-state index is -0.774. The number of nitrogens with zero attached hydrogens (tertiary/aromatic N) is 2. The first-order valence-corrected chi connectivity index (χ1v) is 8.57. The largest absolute Gasteiger partial charge is 0.437 e. The van der Waals surface area contributed by atoms with Gasteiger partial charge in [0, 0.05) is 18.1 Å². The molecule has 7 nitrogen and oxygen atoms in total. The molecule has 3 aromatic rings. The van der Waals surface area contributed by atoms with E-state index in [2.05, 4.69) is 10.4 Å². The van der Waals surface area contributed by atoms with E-state index in [1.807, 2.05) is 6.92 Å². The molecule has 0 bridgehead atoms. The second-order valence-corrected chi connectivity index (χ2v) is 6.31. The summed E-state index contributed by atoms with van der Waals surface area (Å²) >= 11 is 0. The average Bonchev–Trinajstić information content (AvgIpc) is 3.02. The minimum Gasteiger partial charge on any atom is -0.388 e. The maximum absolute atomic E-state index is 13.0. The molecule has 0 saturated carbocycles. The van der Waals surface area contributed by atoms with Crippen LogP contribution in [0.3, 0.4) is 0 Å². The molecule has 0 spiro atoms. The highest BCUT2D eigenvalue weighted by Crippen LogP contribution is 2.16. The summed E-state index contributed by atoms with van der Waals surface area (Å²) in [6.45, 7) is 2.98. The van der Waals surface area contributed by atoms with Crippen molar-refractivity contribution in [2.75, 3.05) is 0 Å². The minimum absolute atomic E-state index is 0.0114. The number of carbonyl (C=O) groups is 2. The van der Waals surface area contributed by atoms with Gasteiger partial charge in [0.1, 0.15) is 12.4 Å². The van der Waals surface area contributed by atoms with E-state index in [-0.39, 0.29) is 30.2 Å². The zero-order valence-corrected chi connectivity index (χ0v) is 15.3. The van der Waals surface area contributed by atoms with E-state index in [9.17, 15) is 18.8 Å². The molecule has 1 atom stereocenters. The molecule has 0 aliphatic heterocycles. The lowest BCUT2D eigenvalue weighted by Crippen LogP contribution is -2.24. The lowest BCUT2D eigenvalue weighted by Gasteiger charge is -2.13. The molecular formula is C20H18FN3O4. The number of carbonyl (C=O) groups excluding carboxylic acids is 2. The van der Waals surface area contributed by atoms with Crippen molar-refractivity contribution in [2.24, 2.45) is 0 Å². The number of hydrogen-bond donors (Lipinski definition) is 1. The Kier molecular flexibility index (Phi) is 5.49. The van der Waals surface area contributed by atoms with Crippen molar-refractivity contribution in [3.63, 3.8) is 0 Å². The summed E-state index contributed by atoms with van der Waals surface area (Å²) < 4.78 is 19.0. The van der Waals surface area contributed by atoms with Crippen LogP contribution < -0.4 is 11.1 Å². The van der Waals surface area contributed by atoms with Crippen molar-refractivity contribution in [2.45, 2.75) is 26.4 Å². The SMILES string of the molecule is CC(=O)NC(C)c1ccc(C(=O)Cn2nc(-c3ccc(F)cc3)oc2=O)cc1. The maximum Gasteiger partial charge on any atom is 0.437 e. The molecule has 1 amide bonds. The molecule has 1 N–H and O–H groups in total. The van der Waals surface area contributed by atoms with Crippen LogP contribution in [0.5, 0.6) is 0 Å². The number of halogens is 1. The van der Waals surface area contributed by atoms with Gasteiger partial charge in [-0.2, -0.15) is 4.68 Å². The third kappa shape index (κ3) is 4.40. The summed E-state index contributed by atoms with van der Waals surface area (Å²) in [4.78, 5) is 35.5. The van der Waals surface area contributed by atoms with Crippen LogP contribution in [0.2, 0.25) is 0 Å². The van der Waals surface area contributed by atoms with Crippen LogP contribution in [0, 0.1) is 5.82 Å². The van der Waals surface area contributed by atoms with Crippen molar-refractivity contribution in [3.8, 4) is 11.5 Å². The van der Waals surface area contributed by atoms with Gasteiger partial charge in [-0.05, 0) is 36.8 Å². The molecule has 0 radical (unpaired) electrons. The maximum atomic E-state index is 13.0. The third-order valence-electron chi connectivity index (χ3n) is 4.14. The van der Waals surface area contributed by atoms with Crippen LogP contribution in [0.15, 0.2) is 57.7 Å². The van der Waals surface area contributed by atoms with Crippen molar-refractivity contribution >= 4 is 11.7 Å². The zero-order chi connectivity index (χ0) is 20.3. The van der Waals surface area contributed by atoms with Crippen molar-refractivity contribution in [3.05, 3.63) is 76.0 Å². The van der Waals surface area contributed by atoms with E-state index in [1.54, 1.807) is 24.3 Å². The fourth-order valence-electron chi connectivity index (χ4n) is 2.69. The van der Waals surface area contributed by atoms with Gasteiger partial charge in [-0.25, -0.2) is 9.18 Å². The number of ketones is 1. The molecule has 0 saturated heterocycles. The van der Waals surface area contributed by atoms with Crippen LogP contribution >= 0.6 is 0 Å². The molecule has 0 aliphatic rings. The normalized spacial score (nSPS) is 11.8. The fourth-order valence-corrected chi connectivity index (χ4v) is 2.69. The van der Waals surface area contributed by atoms with Gasteiger partial charge in [-0.3, -0.25) is 9.59 Å². The van der Waals surface area contributed by atoms with Gasteiger partial charge < -0.3 is 9.73 Å². The summed E-state index contributed by atoms with van der Waals surface area (Å²) in [6, 6.07) is 11.9. The van der Waals surface area contributed by atoms with Gasteiger partial charge in [0.25, 0.3) is 0 Å². The van der Waals surface area contributed by atoms with Crippen molar-refractivity contribution < 1.29 is 18.4 Å². The zero-order valence-electron chi connectivity index (χ0n) is 15.3. The Bertz CT molecular complexity index is 1050. The Labute approximate surface area is 159 Å². The molecule has 3 rings (SSSR count). The molecule has 28 heavy (non-hydrogen) atoms. The Balaban J connectivity index is 1.73. The standard InChI is InChI=1S/C20H18FN3O4/c1-12(22-13(2)25)14-3-5-15(6-4-14)18(26)11-24-20(27)28-19(23-24)16-7-9-17(21)10-8-16/h3-10,12H,11H2,1-2H3,(H,22,25). The topological polar surface area (TPSA) is 94.2 Å². The van der Waals surface area contributed by atoms with Crippen LogP contribution in [-0.2, 0) is 11.3 Å². The average molecular weight is 383 g/mol. The molecule has 1 unspecified atom stereocenters. The number of nitrogens with one attached hydrogen (secondary N) is 1. The number of amides is 1. The second kappa shape index (κ2) is 7.99. The number of Topliss-reactive ketones (excluding diaryl/α,β-unsaturated/α-hetero) is 1. The predicted octanol–water partition coefficient (Wildman–Crippen LogP) is 2.72. The molecule has 1 aromatic heterocycles. The first-order chi connectivity index (χ1) is 13.3. The molecule has 0 aliphatic carbocycles. The van der Waals surface area contributed by atoms with Crippen molar-refractivity contribution in [1.29, 1.82) is 0 Å². The lowest BCUT2D eigenvalue weighted by molar-refractivity contribution is -0.119. The molecule has 8 heteroatoms. The van der Waals surface area contributed by atoms with E-state index in [0.717, 1.165) is 10.2 Å². The van der Waals surface area contributed by atoms with Gasteiger partial charge in [0.05, 0.1) is 6.04 Å². The molecule has 0 fully saturated rings. The van der Waals surface area contributed by atoms with Crippen LogP contribution in [-0.4, -0.2) is 21.5 Å². The van der Waals surface area contributed by atoms with Crippen molar-refractivity contribution in [1.82, 2.24) is 15.1 Å². The van der Waals surface area contributed by atoms with Gasteiger partial charge >= 0.3 is 5.76 Å². The summed E-state index contributed by atoms with van der Waals surface area (Å²) in [5, 5.41) is 6.76. The molecular weight excluding hydrogens is 365 g/mol. The fraction of sp³-hybridized carbons (Fsp3) is 0.200. The Morgan fingerprint density at radius 1 is 1.14 bits per heavy atom. The third-order valence-corrected chi connectivity index (χ3v) is 4.14. The Hall–Kier alpha value is -3.55. The van der Waals surface area contributed by atoms with Crippen LogP contribution in [0.4, 0.5) is 4.39 Å². The Morgan fingerprint density at radius 2 is 1.79 bits per heavy atom. The lowest BCUT2D eigenvalue weighted by atomic mass is 10.0. The first-order valence-electron chi connectivity index (χ1n) is 8.57. The summed E-state index contributed by atoms with van der Waals surface area (Å²) in [7, 11) is 0. The van der Waals surface area contributed by atoms with Gasteiger partial charge in [-0.1, -0.05) is 24.3 Å². The number of rotatable bonds is 6. The number of hydrogen-bond acceptors (Lipinski definition) is 5. The highest BCUT2D eigenvalue weighted by molar-refractivity contribution is 5.95. The first kappa shape index (κ1) is 19.2. The summed E-state index contributed by atoms with van der Waals surface area (Å²) in [5.74, 6) is -1.65. The molecule has 2 aromatic carbocycles. The van der Waals surface area contributed by atoms with Crippen LogP contribution in [0.1, 0.15) is 35.8 Å². The summed E-state index contributed by atoms with van der Waals surface area (Å²) in [6.07, 6.45) is 0. The van der Waals surface area contributed by atoms with Gasteiger partial charge in [0.2, 0.25) is 11.8 Å². The van der Waals surface area contributed by atoms with Gasteiger partial charge in [0.15, 0.2) is 5.78 Å². The monoisotopic (exact) mass is 383 g/mol.